The SMILES string of the molecule is CCCCCCCSCCOC(=O)CCC(CCC(=O)OCCSCCCCCCC)(CCC(=O)OCCSCCCCCCC)NC(=O)CCN1CCCCC1. The summed E-state index contributed by atoms with van der Waals surface area (Å²) in [6, 6.07) is 0. The Morgan fingerprint density at radius 1 is 0.491 bits per heavy atom. The predicted molar refractivity (Wildman–Crippen MR) is 245 cm³/mol. The number of esters is 3. The number of rotatable bonds is 40. The zero-order chi connectivity index (χ0) is 41.5. The summed E-state index contributed by atoms with van der Waals surface area (Å²) in [6.07, 6.45) is 23.5. The number of amides is 1. The van der Waals surface area contributed by atoms with E-state index in [1.807, 2.05) is 35.3 Å². The zero-order valence-corrected chi connectivity index (χ0v) is 39.1. The van der Waals surface area contributed by atoms with Crippen molar-refractivity contribution in [1.82, 2.24) is 10.2 Å². The number of likely N-dealkylation sites (tertiary alicyclic amines) is 1. The quantitative estimate of drug-likeness (QED) is 0.0361. The average molecular weight is 861 g/mol. The molecule has 12 heteroatoms. The van der Waals surface area contributed by atoms with Crippen LogP contribution in [-0.4, -0.2) is 108 Å². The van der Waals surface area contributed by atoms with E-state index in [0.29, 0.717) is 32.8 Å². The van der Waals surface area contributed by atoms with Gasteiger partial charge in [0.25, 0.3) is 0 Å². The normalized spacial score (nSPS) is 13.4. The highest BCUT2D eigenvalue weighted by molar-refractivity contribution is 7.99. The summed E-state index contributed by atoms with van der Waals surface area (Å²) in [5.41, 5.74) is -0.955. The first-order chi connectivity index (χ1) is 27.8. The molecule has 1 amide bonds. The molecule has 1 aliphatic rings. The number of hydrogen-bond acceptors (Lipinski definition) is 11. The maximum atomic E-state index is 13.6. The second-order valence-corrected chi connectivity index (χ2v) is 19.4. The van der Waals surface area contributed by atoms with Crippen molar-refractivity contribution in [2.75, 3.05) is 74.0 Å². The van der Waals surface area contributed by atoms with Crippen molar-refractivity contribution < 1.29 is 33.4 Å². The molecular weight excluding hydrogens is 777 g/mol. The molecule has 0 radical (unpaired) electrons. The lowest BCUT2D eigenvalue weighted by atomic mass is 9.83. The highest BCUT2D eigenvalue weighted by atomic mass is 32.2. The molecule has 0 bridgehead atoms. The maximum absolute atomic E-state index is 13.6. The summed E-state index contributed by atoms with van der Waals surface area (Å²) >= 11 is 5.43. The minimum absolute atomic E-state index is 0.0853. The largest absolute Gasteiger partial charge is 0.465 e. The molecule has 0 aromatic rings. The van der Waals surface area contributed by atoms with Gasteiger partial charge in [0, 0.05) is 55.0 Å². The molecule has 1 heterocycles. The van der Waals surface area contributed by atoms with Crippen LogP contribution in [0.25, 0.3) is 0 Å². The second kappa shape index (κ2) is 39.1. The summed E-state index contributed by atoms with van der Waals surface area (Å²) < 4.78 is 16.9. The van der Waals surface area contributed by atoms with Gasteiger partial charge < -0.3 is 24.4 Å². The van der Waals surface area contributed by atoms with E-state index < -0.39 is 5.54 Å². The summed E-state index contributed by atoms with van der Waals surface area (Å²) in [5.74, 6) is 4.35. The summed E-state index contributed by atoms with van der Waals surface area (Å²) in [4.78, 5) is 55.1. The minimum atomic E-state index is -0.955. The molecule has 334 valence electrons. The third-order valence-corrected chi connectivity index (χ3v) is 13.7. The van der Waals surface area contributed by atoms with Gasteiger partial charge in [-0.05, 0) is 81.7 Å². The first-order valence-corrected chi connectivity index (χ1v) is 26.5. The molecular formula is C45H84N2O7S3. The fraction of sp³-hybridized carbons (Fsp3) is 0.911. The van der Waals surface area contributed by atoms with E-state index in [1.54, 1.807) is 0 Å². The van der Waals surface area contributed by atoms with Crippen LogP contribution in [0.3, 0.4) is 0 Å². The predicted octanol–water partition coefficient (Wildman–Crippen LogP) is 10.8. The standard InChI is InChI=1S/C45H84N2O7S3/c1-4-7-10-13-19-35-55-38-32-52-42(49)22-26-45(46-41(48)25-31-47-29-17-16-18-30-47,27-23-43(50)53-33-39-56-36-20-14-11-8-5-2)28-24-44(51)54-34-40-57-37-21-15-12-9-6-3/h4-40H2,1-3H3,(H,46,48). The molecule has 0 aliphatic carbocycles. The summed E-state index contributed by atoms with van der Waals surface area (Å²) in [6.45, 7) is 10.3. The third-order valence-electron chi connectivity index (χ3n) is 10.6. The molecule has 1 rings (SSSR count). The number of unbranched alkanes of at least 4 members (excludes halogenated alkanes) is 12. The highest BCUT2D eigenvalue weighted by Crippen LogP contribution is 2.28. The molecule has 0 aromatic carbocycles. The molecule has 1 N–H and O–H groups in total. The topological polar surface area (TPSA) is 111 Å². The van der Waals surface area contributed by atoms with E-state index in [-0.39, 0.29) is 62.3 Å². The molecule has 0 spiro atoms. The van der Waals surface area contributed by atoms with Crippen LogP contribution < -0.4 is 5.32 Å². The Bertz CT molecular complexity index is 907. The van der Waals surface area contributed by atoms with E-state index >= 15 is 0 Å². The van der Waals surface area contributed by atoms with Crippen LogP contribution in [0, 0.1) is 0 Å². The van der Waals surface area contributed by atoms with Crippen molar-refractivity contribution in [1.29, 1.82) is 0 Å². The molecule has 1 aliphatic heterocycles. The van der Waals surface area contributed by atoms with Crippen LogP contribution in [0.1, 0.15) is 181 Å². The van der Waals surface area contributed by atoms with Gasteiger partial charge in [-0.1, -0.05) is 104 Å². The van der Waals surface area contributed by atoms with Gasteiger partial charge in [-0.2, -0.15) is 35.3 Å². The number of piperidine rings is 1. The second-order valence-electron chi connectivity index (χ2n) is 15.7. The van der Waals surface area contributed by atoms with Crippen molar-refractivity contribution in [3.63, 3.8) is 0 Å². The minimum Gasteiger partial charge on any atom is -0.465 e. The molecule has 9 nitrogen and oxygen atoms in total. The van der Waals surface area contributed by atoms with E-state index in [4.69, 9.17) is 14.2 Å². The van der Waals surface area contributed by atoms with Crippen LogP contribution in [0.2, 0.25) is 0 Å². The van der Waals surface area contributed by atoms with Gasteiger partial charge in [0.2, 0.25) is 5.91 Å². The molecule has 1 fully saturated rings. The number of carbonyl (C=O) groups excluding carboxylic acids is 4. The number of nitrogens with one attached hydrogen (secondary N) is 1. The fourth-order valence-corrected chi connectivity index (χ4v) is 9.42. The lowest BCUT2D eigenvalue weighted by Gasteiger charge is -2.35. The van der Waals surface area contributed by atoms with E-state index in [1.165, 1.54) is 103 Å². The van der Waals surface area contributed by atoms with Crippen molar-refractivity contribution in [3.8, 4) is 0 Å². The third kappa shape index (κ3) is 33.3. The Hall–Kier alpha value is -1.11. The van der Waals surface area contributed by atoms with Crippen LogP contribution in [0.5, 0.6) is 0 Å². The molecule has 0 saturated carbocycles. The van der Waals surface area contributed by atoms with Gasteiger partial charge in [-0.25, -0.2) is 0 Å². The molecule has 57 heavy (non-hydrogen) atoms. The molecule has 0 unspecified atom stereocenters. The maximum Gasteiger partial charge on any atom is 0.305 e. The van der Waals surface area contributed by atoms with Crippen molar-refractivity contribution >= 4 is 59.1 Å². The number of thioether (sulfide) groups is 3. The number of ether oxygens (including phenoxy) is 3. The monoisotopic (exact) mass is 861 g/mol. The van der Waals surface area contributed by atoms with Crippen LogP contribution in [0.4, 0.5) is 0 Å². The van der Waals surface area contributed by atoms with Crippen LogP contribution in [-0.2, 0) is 33.4 Å². The van der Waals surface area contributed by atoms with E-state index in [2.05, 4.69) is 31.0 Å². The van der Waals surface area contributed by atoms with Gasteiger partial charge in [-0.3, -0.25) is 19.2 Å². The smallest absolute Gasteiger partial charge is 0.305 e. The van der Waals surface area contributed by atoms with Crippen LogP contribution >= 0.6 is 35.3 Å². The van der Waals surface area contributed by atoms with Gasteiger partial charge in [0.15, 0.2) is 0 Å². The Balaban J connectivity index is 2.85. The highest BCUT2D eigenvalue weighted by Gasteiger charge is 2.34. The van der Waals surface area contributed by atoms with Gasteiger partial charge in [-0.15, -0.1) is 0 Å². The molecule has 0 aromatic heterocycles. The number of carbonyl (C=O) groups is 4. The van der Waals surface area contributed by atoms with Crippen molar-refractivity contribution in [2.24, 2.45) is 0 Å². The first kappa shape index (κ1) is 53.9. The molecule has 1 saturated heterocycles. The van der Waals surface area contributed by atoms with E-state index in [9.17, 15) is 19.2 Å². The summed E-state index contributed by atoms with van der Waals surface area (Å²) in [7, 11) is 0. The van der Waals surface area contributed by atoms with Gasteiger partial charge in [0.1, 0.15) is 19.8 Å². The Morgan fingerprint density at radius 2 is 0.860 bits per heavy atom. The Kier molecular flexibility index (Phi) is 36.9. The average Bonchev–Trinajstić information content (AvgIpc) is 3.22. The summed E-state index contributed by atoms with van der Waals surface area (Å²) in [5, 5.41) is 3.25. The van der Waals surface area contributed by atoms with E-state index in [0.717, 1.165) is 60.4 Å². The van der Waals surface area contributed by atoms with Crippen molar-refractivity contribution in [2.45, 2.75) is 187 Å². The zero-order valence-electron chi connectivity index (χ0n) is 36.7. The lowest BCUT2D eigenvalue weighted by Crippen LogP contribution is -2.50. The van der Waals surface area contributed by atoms with Crippen molar-refractivity contribution in [3.05, 3.63) is 0 Å². The Morgan fingerprint density at radius 3 is 1.23 bits per heavy atom. The van der Waals surface area contributed by atoms with Gasteiger partial charge in [0.05, 0.1) is 0 Å². The Labute approximate surface area is 361 Å². The van der Waals surface area contributed by atoms with Crippen LogP contribution in [0.15, 0.2) is 0 Å². The molecule has 0 atom stereocenters. The lowest BCUT2D eigenvalue weighted by molar-refractivity contribution is -0.144. The number of nitrogens with zero attached hydrogens (tertiary/aromatic N) is 1. The van der Waals surface area contributed by atoms with Gasteiger partial charge >= 0.3 is 17.9 Å². The first-order valence-electron chi connectivity index (χ1n) is 23.1. The fourth-order valence-electron chi connectivity index (χ4n) is 6.98. The number of hydrogen-bond donors (Lipinski definition) is 1.